The third-order valence-electron chi connectivity index (χ3n) is 2.92. The molecule has 2 aromatic carbocycles. The lowest BCUT2D eigenvalue weighted by Gasteiger charge is -2.12. The van der Waals surface area contributed by atoms with Gasteiger partial charge in [-0.05, 0) is 64.4 Å². The monoisotopic (exact) mass is 416 g/mol. The fourth-order valence-corrected chi connectivity index (χ4v) is 2.53. The lowest BCUT2D eigenvalue weighted by atomic mass is 10.0. The molecule has 3 heteroatoms. The van der Waals surface area contributed by atoms with Crippen molar-refractivity contribution < 1.29 is 5.11 Å². The van der Waals surface area contributed by atoms with Crippen molar-refractivity contribution in [3.05, 3.63) is 67.2 Å². The number of benzene rings is 2. The van der Waals surface area contributed by atoms with E-state index in [0.29, 0.717) is 6.42 Å². The first kappa shape index (κ1) is 14.0. The molecule has 0 amide bonds. The summed E-state index contributed by atoms with van der Waals surface area (Å²) in [7, 11) is 0. The molecular weight excluding hydrogens is 403 g/mol. The van der Waals surface area contributed by atoms with Crippen LogP contribution in [0.25, 0.3) is 0 Å². The number of halogens is 2. The molecule has 0 aliphatic heterocycles. The van der Waals surface area contributed by atoms with Gasteiger partial charge in [-0.2, -0.15) is 0 Å². The van der Waals surface area contributed by atoms with Gasteiger partial charge in [0.2, 0.25) is 0 Å². The minimum Gasteiger partial charge on any atom is -0.388 e. The highest BCUT2D eigenvalue weighted by atomic mass is 127. The van der Waals surface area contributed by atoms with E-state index in [4.69, 9.17) is 0 Å². The Kier molecular flexibility index (Phi) is 4.81. The minimum absolute atomic E-state index is 0.457. The summed E-state index contributed by atoms with van der Waals surface area (Å²) in [4.78, 5) is 0. The highest BCUT2D eigenvalue weighted by molar-refractivity contribution is 14.1. The summed E-state index contributed by atoms with van der Waals surface area (Å²) in [6, 6.07) is 14.3. The van der Waals surface area contributed by atoms with Crippen molar-refractivity contribution in [2.75, 3.05) is 0 Å². The zero-order valence-electron chi connectivity index (χ0n) is 10.0. The van der Waals surface area contributed by atoms with Crippen LogP contribution in [0.2, 0.25) is 0 Å². The molecule has 0 saturated heterocycles. The molecule has 0 saturated carbocycles. The molecule has 0 aliphatic carbocycles. The Morgan fingerprint density at radius 3 is 2.44 bits per heavy atom. The minimum atomic E-state index is -0.457. The second-order valence-electron chi connectivity index (χ2n) is 4.36. The number of aryl methyl sites for hydroxylation is 1. The average molecular weight is 417 g/mol. The van der Waals surface area contributed by atoms with Gasteiger partial charge >= 0.3 is 0 Å². The van der Waals surface area contributed by atoms with E-state index in [1.165, 1.54) is 9.13 Å². The van der Waals surface area contributed by atoms with Crippen molar-refractivity contribution in [2.24, 2.45) is 0 Å². The van der Waals surface area contributed by atoms with Crippen molar-refractivity contribution in [3.8, 4) is 0 Å². The van der Waals surface area contributed by atoms with Gasteiger partial charge in [0.1, 0.15) is 0 Å². The molecule has 18 heavy (non-hydrogen) atoms. The molecule has 2 aromatic rings. The van der Waals surface area contributed by atoms with E-state index < -0.39 is 6.10 Å². The van der Waals surface area contributed by atoms with Crippen LogP contribution in [0.1, 0.15) is 22.8 Å². The summed E-state index contributed by atoms with van der Waals surface area (Å²) >= 11 is 5.78. The molecular formula is C15H14BrIO. The molecule has 0 radical (unpaired) electrons. The van der Waals surface area contributed by atoms with E-state index in [-0.39, 0.29) is 0 Å². The molecule has 94 valence electrons. The number of hydrogen-bond donors (Lipinski definition) is 1. The lowest BCUT2D eigenvalue weighted by Crippen LogP contribution is -2.02. The zero-order chi connectivity index (χ0) is 13.1. The molecule has 1 unspecified atom stereocenters. The highest BCUT2D eigenvalue weighted by Crippen LogP contribution is 2.24. The first-order valence-corrected chi connectivity index (χ1v) is 7.62. The Balaban J connectivity index is 2.13. The first-order chi connectivity index (χ1) is 8.56. The number of aliphatic hydroxyl groups is 1. The van der Waals surface area contributed by atoms with E-state index in [0.717, 1.165) is 15.6 Å². The maximum absolute atomic E-state index is 10.2. The topological polar surface area (TPSA) is 20.2 Å². The maximum Gasteiger partial charge on any atom is 0.0830 e. The Hall–Kier alpha value is -0.390. The van der Waals surface area contributed by atoms with Crippen LogP contribution < -0.4 is 0 Å². The van der Waals surface area contributed by atoms with E-state index in [1.807, 2.05) is 25.1 Å². The van der Waals surface area contributed by atoms with Crippen molar-refractivity contribution in [2.45, 2.75) is 19.4 Å². The van der Waals surface area contributed by atoms with Crippen LogP contribution in [0.15, 0.2) is 46.9 Å². The van der Waals surface area contributed by atoms with Gasteiger partial charge in [-0.15, -0.1) is 0 Å². The van der Waals surface area contributed by atoms with Crippen LogP contribution in [-0.4, -0.2) is 5.11 Å². The predicted molar refractivity (Wildman–Crippen MR) is 86.7 cm³/mol. The second-order valence-corrected chi connectivity index (χ2v) is 6.45. The van der Waals surface area contributed by atoms with Gasteiger partial charge in [0, 0.05) is 14.5 Å². The molecule has 0 aromatic heterocycles. The van der Waals surface area contributed by atoms with Crippen LogP contribution in [0.5, 0.6) is 0 Å². The van der Waals surface area contributed by atoms with Gasteiger partial charge in [0.15, 0.2) is 0 Å². The SMILES string of the molecule is Cc1ccc(C(O)Cc2ccc(I)cc2)cc1Br. The van der Waals surface area contributed by atoms with Gasteiger partial charge in [0.25, 0.3) is 0 Å². The van der Waals surface area contributed by atoms with Crippen LogP contribution in [-0.2, 0) is 6.42 Å². The smallest absolute Gasteiger partial charge is 0.0830 e. The first-order valence-electron chi connectivity index (χ1n) is 5.75. The van der Waals surface area contributed by atoms with Gasteiger partial charge < -0.3 is 5.11 Å². The molecule has 0 bridgehead atoms. The molecule has 0 fully saturated rings. The molecule has 1 atom stereocenters. The predicted octanol–water partition coefficient (Wildman–Crippen LogP) is 4.64. The van der Waals surface area contributed by atoms with Gasteiger partial charge in [0.05, 0.1) is 6.10 Å². The summed E-state index contributed by atoms with van der Waals surface area (Å²) in [6.07, 6.45) is 0.189. The standard InChI is InChI=1S/C15H14BrIO/c1-10-2-5-12(9-14(10)16)15(18)8-11-3-6-13(17)7-4-11/h2-7,9,15,18H,8H2,1H3. The Morgan fingerprint density at radius 1 is 1.17 bits per heavy atom. The summed E-state index contributed by atoms with van der Waals surface area (Å²) in [5.41, 5.74) is 3.28. The summed E-state index contributed by atoms with van der Waals surface area (Å²) in [5, 5.41) is 10.2. The molecule has 0 heterocycles. The fourth-order valence-electron chi connectivity index (χ4n) is 1.78. The van der Waals surface area contributed by atoms with Crippen molar-refractivity contribution >= 4 is 38.5 Å². The van der Waals surface area contributed by atoms with E-state index >= 15 is 0 Å². The average Bonchev–Trinajstić information content (AvgIpc) is 2.35. The lowest BCUT2D eigenvalue weighted by molar-refractivity contribution is 0.178. The Bertz CT molecular complexity index is 537. The molecule has 2 rings (SSSR count). The van der Waals surface area contributed by atoms with Crippen molar-refractivity contribution in [1.29, 1.82) is 0 Å². The molecule has 1 N–H and O–H groups in total. The number of rotatable bonds is 3. The van der Waals surface area contributed by atoms with E-state index in [9.17, 15) is 5.11 Å². The van der Waals surface area contributed by atoms with Crippen molar-refractivity contribution in [1.82, 2.24) is 0 Å². The summed E-state index contributed by atoms with van der Waals surface area (Å²) < 4.78 is 2.26. The second kappa shape index (κ2) is 6.17. The highest BCUT2D eigenvalue weighted by Gasteiger charge is 2.09. The fraction of sp³-hybridized carbons (Fsp3) is 0.200. The quantitative estimate of drug-likeness (QED) is 0.722. The van der Waals surface area contributed by atoms with Crippen LogP contribution >= 0.6 is 38.5 Å². The van der Waals surface area contributed by atoms with Crippen LogP contribution in [0.4, 0.5) is 0 Å². The van der Waals surface area contributed by atoms with Crippen LogP contribution in [0.3, 0.4) is 0 Å². The normalized spacial score (nSPS) is 12.4. The van der Waals surface area contributed by atoms with E-state index in [2.05, 4.69) is 62.8 Å². The maximum atomic E-state index is 10.2. The number of aliphatic hydroxyl groups excluding tert-OH is 1. The number of hydrogen-bond acceptors (Lipinski definition) is 1. The third-order valence-corrected chi connectivity index (χ3v) is 4.50. The summed E-state index contributed by atoms with van der Waals surface area (Å²) in [6.45, 7) is 2.04. The van der Waals surface area contributed by atoms with Gasteiger partial charge in [-0.3, -0.25) is 0 Å². The largest absolute Gasteiger partial charge is 0.388 e. The zero-order valence-corrected chi connectivity index (χ0v) is 13.8. The molecule has 0 spiro atoms. The van der Waals surface area contributed by atoms with Crippen LogP contribution in [0, 0.1) is 10.5 Å². The summed E-state index contributed by atoms with van der Waals surface area (Å²) in [5.74, 6) is 0. The Morgan fingerprint density at radius 2 is 1.83 bits per heavy atom. The van der Waals surface area contributed by atoms with Gasteiger partial charge in [-0.1, -0.05) is 40.2 Å². The Labute approximate surface area is 130 Å². The van der Waals surface area contributed by atoms with Gasteiger partial charge in [-0.25, -0.2) is 0 Å². The van der Waals surface area contributed by atoms with E-state index in [1.54, 1.807) is 0 Å². The molecule has 0 aliphatic rings. The third kappa shape index (κ3) is 3.56. The molecule has 1 nitrogen and oxygen atoms in total. The van der Waals surface area contributed by atoms with Crippen molar-refractivity contribution in [3.63, 3.8) is 0 Å².